The largest absolute Gasteiger partial charge is 0.493 e. The molecule has 0 spiro atoms. The highest BCUT2D eigenvalue weighted by atomic mass is 16.5. The first-order valence-corrected chi connectivity index (χ1v) is 11.1. The maximum Gasteiger partial charge on any atom is 0.251 e. The standard InChI is InChI=1S/C24H28N6O4/c1-16-23-28-22(17-6-4-3-5-7-17)29-30(23)12-13-34-20-14-18(8-9-19(20)33-2)24(32)26-11-10-25-15-21(31)27-16/h3-9,14,16,25H,10-13,15H2,1-2H3,(H,26,32)(H,27,31)/t16-/m1/s1. The number of hydrogen-bond acceptors (Lipinski definition) is 7. The van der Waals surface area contributed by atoms with Crippen molar-refractivity contribution in [1.29, 1.82) is 0 Å². The molecule has 2 amide bonds. The van der Waals surface area contributed by atoms with E-state index in [4.69, 9.17) is 14.5 Å². The molecule has 0 saturated heterocycles. The SMILES string of the molecule is COc1ccc2cc1OCCn1nc(-c3ccccc3)nc1[C@@H](C)NC(=O)CNCCNC2=O. The summed E-state index contributed by atoms with van der Waals surface area (Å²) >= 11 is 0. The van der Waals surface area contributed by atoms with Gasteiger partial charge in [-0.25, -0.2) is 9.67 Å². The van der Waals surface area contributed by atoms with Crippen LogP contribution in [-0.4, -0.2) is 59.9 Å². The molecule has 4 rings (SSSR count). The van der Waals surface area contributed by atoms with E-state index < -0.39 is 0 Å². The lowest BCUT2D eigenvalue weighted by molar-refractivity contribution is -0.120. The molecule has 1 aliphatic heterocycles. The number of ether oxygens (including phenoxy) is 2. The van der Waals surface area contributed by atoms with Crippen LogP contribution in [0.4, 0.5) is 0 Å². The number of amides is 2. The molecule has 2 bridgehead atoms. The van der Waals surface area contributed by atoms with Crippen molar-refractivity contribution >= 4 is 11.8 Å². The van der Waals surface area contributed by atoms with Crippen LogP contribution < -0.4 is 25.4 Å². The Labute approximate surface area is 197 Å². The van der Waals surface area contributed by atoms with Crippen molar-refractivity contribution in [3.63, 3.8) is 0 Å². The number of hydrogen-bond donors (Lipinski definition) is 3. The summed E-state index contributed by atoms with van der Waals surface area (Å²) in [4.78, 5) is 29.6. The Hall–Kier alpha value is -3.92. The van der Waals surface area contributed by atoms with Gasteiger partial charge >= 0.3 is 0 Å². The highest BCUT2D eigenvalue weighted by Crippen LogP contribution is 2.28. The minimum atomic E-state index is -0.368. The van der Waals surface area contributed by atoms with E-state index in [-0.39, 0.29) is 31.0 Å². The molecule has 1 aliphatic rings. The summed E-state index contributed by atoms with van der Waals surface area (Å²) in [6.07, 6.45) is 0. The second-order valence-electron chi connectivity index (χ2n) is 7.82. The summed E-state index contributed by atoms with van der Waals surface area (Å²) in [5.74, 6) is 1.77. The van der Waals surface area contributed by atoms with Crippen LogP contribution in [0.1, 0.15) is 29.1 Å². The number of methoxy groups -OCH3 is 1. The fourth-order valence-electron chi connectivity index (χ4n) is 3.65. The van der Waals surface area contributed by atoms with E-state index in [0.717, 1.165) is 5.56 Å². The predicted octanol–water partition coefficient (Wildman–Crippen LogP) is 1.54. The van der Waals surface area contributed by atoms with E-state index in [1.807, 2.05) is 37.3 Å². The molecule has 10 nitrogen and oxygen atoms in total. The lowest BCUT2D eigenvalue weighted by atomic mass is 10.2. The first-order chi connectivity index (χ1) is 16.5. The average molecular weight is 465 g/mol. The normalized spacial score (nSPS) is 17.5. The molecule has 0 fully saturated rings. The topological polar surface area (TPSA) is 119 Å². The van der Waals surface area contributed by atoms with Crippen molar-refractivity contribution in [3.8, 4) is 22.9 Å². The number of fused-ring (bicyclic) bond motifs is 3. The van der Waals surface area contributed by atoms with E-state index in [1.165, 1.54) is 0 Å². The lowest BCUT2D eigenvalue weighted by Gasteiger charge is -2.15. The van der Waals surface area contributed by atoms with Gasteiger partial charge in [0.15, 0.2) is 17.3 Å². The minimum absolute atomic E-state index is 0.121. The van der Waals surface area contributed by atoms with Crippen molar-refractivity contribution < 1.29 is 19.1 Å². The maximum atomic E-state index is 12.5. The molecule has 3 aromatic rings. The molecule has 2 heterocycles. The van der Waals surface area contributed by atoms with Gasteiger partial charge in [-0.1, -0.05) is 30.3 Å². The van der Waals surface area contributed by atoms with Crippen LogP contribution in [0.25, 0.3) is 11.4 Å². The van der Waals surface area contributed by atoms with Gasteiger partial charge in [-0.05, 0) is 25.1 Å². The molecule has 0 saturated carbocycles. The summed E-state index contributed by atoms with van der Waals surface area (Å²) in [6.45, 7) is 3.45. The van der Waals surface area contributed by atoms with E-state index in [9.17, 15) is 9.59 Å². The summed E-state index contributed by atoms with van der Waals surface area (Å²) < 4.78 is 13.1. The molecule has 10 heteroatoms. The van der Waals surface area contributed by atoms with Crippen LogP contribution in [0.5, 0.6) is 11.5 Å². The van der Waals surface area contributed by atoms with E-state index in [1.54, 1.807) is 30.0 Å². The smallest absolute Gasteiger partial charge is 0.251 e. The third-order valence-electron chi connectivity index (χ3n) is 5.36. The fourth-order valence-corrected chi connectivity index (χ4v) is 3.65. The quantitative estimate of drug-likeness (QED) is 0.526. The van der Waals surface area contributed by atoms with Gasteiger partial charge in [-0.2, -0.15) is 5.10 Å². The average Bonchev–Trinajstić information content (AvgIpc) is 3.28. The Balaban J connectivity index is 1.63. The number of nitrogens with one attached hydrogen (secondary N) is 3. The molecular formula is C24H28N6O4. The number of nitrogens with zero attached hydrogens (tertiary/aromatic N) is 3. The van der Waals surface area contributed by atoms with Gasteiger partial charge in [0, 0.05) is 24.2 Å². The summed E-state index contributed by atoms with van der Waals surface area (Å²) in [6, 6.07) is 14.3. The van der Waals surface area contributed by atoms with E-state index in [2.05, 4.69) is 21.0 Å². The first-order valence-electron chi connectivity index (χ1n) is 11.1. The third kappa shape index (κ3) is 5.52. The van der Waals surface area contributed by atoms with Crippen LogP contribution in [-0.2, 0) is 11.3 Å². The molecule has 1 aromatic heterocycles. The van der Waals surface area contributed by atoms with Gasteiger partial charge in [0.1, 0.15) is 12.4 Å². The van der Waals surface area contributed by atoms with Crippen LogP contribution in [0.15, 0.2) is 48.5 Å². The fraction of sp³-hybridized carbons (Fsp3) is 0.333. The Kier molecular flexibility index (Phi) is 7.38. The number of rotatable bonds is 2. The van der Waals surface area contributed by atoms with Gasteiger partial charge in [0.25, 0.3) is 5.91 Å². The number of aromatic nitrogens is 3. The number of carbonyl (C=O) groups is 2. The van der Waals surface area contributed by atoms with Crippen LogP contribution in [0, 0.1) is 0 Å². The lowest BCUT2D eigenvalue weighted by Crippen LogP contribution is -2.39. The third-order valence-corrected chi connectivity index (χ3v) is 5.36. The Bertz CT molecular complexity index is 1150. The maximum absolute atomic E-state index is 12.5. The van der Waals surface area contributed by atoms with Crippen molar-refractivity contribution in [2.24, 2.45) is 0 Å². The van der Waals surface area contributed by atoms with Gasteiger partial charge in [0.2, 0.25) is 5.91 Å². The van der Waals surface area contributed by atoms with E-state index >= 15 is 0 Å². The molecular weight excluding hydrogens is 436 g/mol. The molecule has 0 radical (unpaired) electrons. The highest BCUT2D eigenvalue weighted by Gasteiger charge is 2.20. The molecule has 2 aromatic carbocycles. The summed E-state index contributed by atoms with van der Waals surface area (Å²) in [5, 5.41) is 13.5. The van der Waals surface area contributed by atoms with Crippen molar-refractivity contribution in [2.45, 2.75) is 19.5 Å². The zero-order chi connectivity index (χ0) is 23.9. The highest BCUT2D eigenvalue weighted by molar-refractivity contribution is 5.94. The van der Waals surface area contributed by atoms with Crippen LogP contribution in [0.3, 0.4) is 0 Å². The van der Waals surface area contributed by atoms with E-state index in [0.29, 0.717) is 48.3 Å². The molecule has 1 atom stereocenters. The summed E-state index contributed by atoms with van der Waals surface area (Å²) in [7, 11) is 1.55. The van der Waals surface area contributed by atoms with Crippen molar-refractivity contribution in [1.82, 2.24) is 30.7 Å². The predicted molar refractivity (Wildman–Crippen MR) is 126 cm³/mol. The molecule has 3 N–H and O–H groups in total. The molecule has 34 heavy (non-hydrogen) atoms. The second-order valence-corrected chi connectivity index (χ2v) is 7.82. The minimum Gasteiger partial charge on any atom is -0.493 e. The van der Waals surface area contributed by atoms with Crippen LogP contribution >= 0.6 is 0 Å². The Morgan fingerprint density at radius 3 is 2.71 bits per heavy atom. The number of carbonyl (C=O) groups excluding carboxylic acids is 2. The molecule has 178 valence electrons. The van der Waals surface area contributed by atoms with Crippen molar-refractivity contribution in [2.75, 3.05) is 33.4 Å². The van der Waals surface area contributed by atoms with Gasteiger partial charge in [-0.15, -0.1) is 0 Å². The van der Waals surface area contributed by atoms with Gasteiger partial charge in [-0.3, -0.25) is 9.59 Å². The molecule has 0 unspecified atom stereocenters. The van der Waals surface area contributed by atoms with Gasteiger partial charge < -0.3 is 25.4 Å². The number of benzene rings is 2. The van der Waals surface area contributed by atoms with Crippen LogP contribution in [0.2, 0.25) is 0 Å². The molecule has 0 aliphatic carbocycles. The Morgan fingerprint density at radius 1 is 1.09 bits per heavy atom. The second kappa shape index (κ2) is 10.8. The van der Waals surface area contributed by atoms with Gasteiger partial charge in [0.05, 0.1) is 26.2 Å². The Morgan fingerprint density at radius 2 is 1.91 bits per heavy atom. The summed E-state index contributed by atoms with van der Waals surface area (Å²) in [5.41, 5.74) is 1.34. The zero-order valence-corrected chi connectivity index (χ0v) is 19.2. The van der Waals surface area contributed by atoms with Crippen molar-refractivity contribution in [3.05, 3.63) is 59.9 Å². The monoisotopic (exact) mass is 464 g/mol. The first kappa shape index (κ1) is 23.2. The zero-order valence-electron chi connectivity index (χ0n) is 19.2.